The molecule has 2 saturated heterocycles. The lowest BCUT2D eigenvalue weighted by Gasteiger charge is -2.45. The highest BCUT2D eigenvalue weighted by Gasteiger charge is 2.58. The van der Waals surface area contributed by atoms with Crippen LogP contribution in [0.1, 0.15) is 136 Å². The number of aliphatic carboxylic acids is 2. The molecule has 6 aliphatic rings. The number of benzene rings is 4. The van der Waals surface area contributed by atoms with Crippen LogP contribution in [0.2, 0.25) is 0 Å². The van der Waals surface area contributed by atoms with Gasteiger partial charge in [-0.1, -0.05) is 74.5 Å². The van der Waals surface area contributed by atoms with Crippen LogP contribution < -0.4 is 0 Å². The summed E-state index contributed by atoms with van der Waals surface area (Å²) in [6.45, 7) is 5.73. The number of carboxylic acids is 2. The van der Waals surface area contributed by atoms with Crippen molar-refractivity contribution < 1.29 is 73.3 Å². The Labute approximate surface area is 459 Å². The number of alkyl halides is 8. The molecule has 0 aromatic heterocycles. The first-order chi connectivity index (χ1) is 37.5. The Bertz CT molecular complexity index is 2780. The second kappa shape index (κ2) is 21.8. The summed E-state index contributed by atoms with van der Waals surface area (Å²) in [4.78, 5) is 54.7. The number of amides is 2. The standard InChI is InChI=1S/2C31H34F5NO3/c2*1-18-15-21(5-10-24(18)28(39)40)27(38)37-14-13-30(17-19-3-8-23(32)9-4-19)25-11-7-22(29(2,33)31(34,35)36)16-20(25)6-12-26(30)37/h2*3-4,7-9,11,16,18,21,24,26H,5-6,10,12-15,17H2,1-2H3,(H,39,40)/t2*18-,21?,24-,26-,29?,30-/m11/s1. The minimum Gasteiger partial charge on any atom is -0.481 e. The first-order valence-electron chi connectivity index (χ1n) is 27.8. The maximum atomic E-state index is 14.9. The van der Waals surface area contributed by atoms with Crippen LogP contribution in [0.4, 0.5) is 43.9 Å². The van der Waals surface area contributed by atoms with E-state index < -0.39 is 69.4 Å². The SMILES string of the molecule is C[C@@H]1CC(C(=O)N2CC[C@@]3(Cc4ccc(F)cc4)c4ccc(C(C)(F)C(F)(F)F)cc4CC[C@@H]23)CC[C@H]1C(=O)O.C[C@@H]1CC(C(=O)N2CC[C@@]3(Cc4ccc(F)cc4)c4ccc(C(C)(F)C(F)(F)F)cc4CC[C@@H]23)CC[C@H]1C(=O)O. The van der Waals surface area contributed by atoms with E-state index in [1.807, 2.05) is 23.6 Å². The number of nitrogens with zero attached hydrogens (tertiary/aromatic N) is 2. The molecular formula is C62H68F10N2O6. The van der Waals surface area contributed by atoms with E-state index in [1.165, 1.54) is 48.5 Å². The second-order valence-electron chi connectivity index (χ2n) is 24.2. The molecule has 4 aliphatic carbocycles. The van der Waals surface area contributed by atoms with Gasteiger partial charge in [-0.2, -0.15) is 26.3 Å². The van der Waals surface area contributed by atoms with Gasteiger partial charge in [0.05, 0.1) is 11.8 Å². The summed E-state index contributed by atoms with van der Waals surface area (Å²) in [5, 5.41) is 19.0. The zero-order chi connectivity index (χ0) is 58.1. The molecule has 4 unspecified atom stereocenters. The van der Waals surface area contributed by atoms with Crippen LogP contribution in [0.25, 0.3) is 0 Å². The average Bonchev–Trinajstić information content (AvgIpc) is 4.00. The summed E-state index contributed by atoms with van der Waals surface area (Å²) in [5.41, 5.74) is -4.49. The number of halogens is 10. The molecule has 18 heteroatoms. The van der Waals surface area contributed by atoms with Crippen molar-refractivity contribution in [3.63, 3.8) is 0 Å². The highest BCUT2D eigenvalue weighted by atomic mass is 19.4. The number of aryl methyl sites for hydroxylation is 2. The zero-order valence-corrected chi connectivity index (χ0v) is 45.2. The normalized spacial score (nSPS) is 29.8. The molecule has 0 spiro atoms. The molecular weight excluding hydrogens is 1060 g/mol. The second-order valence-corrected chi connectivity index (χ2v) is 24.2. The summed E-state index contributed by atoms with van der Waals surface area (Å²) >= 11 is 0. The van der Waals surface area contributed by atoms with Crippen LogP contribution in [-0.4, -0.2) is 81.3 Å². The zero-order valence-electron chi connectivity index (χ0n) is 45.2. The smallest absolute Gasteiger partial charge is 0.426 e. The van der Waals surface area contributed by atoms with E-state index in [1.54, 1.807) is 36.4 Å². The monoisotopic (exact) mass is 1130 g/mol. The number of likely N-dealkylation sites (tertiary alicyclic amines) is 2. The van der Waals surface area contributed by atoms with Gasteiger partial charge in [0.2, 0.25) is 23.2 Å². The number of rotatable bonds is 10. The van der Waals surface area contributed by atoms with Crippen molar-refractivity contribution in [2.24, 2.45) is 35.5 Å². The van der Waals surface area contributed by atoms with Crippen LogP contribution in [0.3, 0.4) is 0 Å². The molecule has 432 valence electrons. The largest absolute Gasteiger partial charge is 0.481 e. The average molecular weight is 1130 g/mol. The van der Waals surface area contributed by atoms with Crippen LogP contribution in [0.5, 0.6) is 0 Å². The topological polar surface area (TPSA) is 115 Å². The summed E-state index contributed by atoms with van der Waals surface area (Å²) in [5.74, 6) is -4.18. The van der Waals surface area contributed by atoms with Crippen LogP contribution in [0, 0.1) is 47.1 Å². The third-order valence-corrected chi connectivity index (χ3v) is 19.5. The van der Waals surface area contributed by atoms with Gasteiger partial charge in [0.25, 0.3) is 0 Å². The molecule has 4 aromatic rings. The number of carboxylic acid groups (broad SMARTS) is 2. The molecule has 10 rings (SSSR count). The highest BCUT2D eigenvalue weighted by molar-refractivity contribution is 5.82. The van der Waals surface area contributed by atoms with Crippen molar-refractivity contribution in [2.45, 2.75) is 164 Å². The van der Waals surface area contributed by atoms with Gasteiger partial charge in [0.15, 0.2) is 0 Å². The fraction of sp³-hybridized carbons (Fsp3) is 0.548. The molecule has 0 radical (unpaired) electrons. The molecule has 8 nitrogen and oxygen atoms in total. The highest BCUT2D eigenvalue weighted by Crippen LogP contribution is 2.54. The maximum Gasteiger partial charge on any atom is 0.426 e. The molecule has 4 aromatic carbocycles. The van der Waals surface area contributed by atoms with Gasteiger partial charge in [0, 0.05) is 47.8 Å². The van der Waals surface area contributed by atoms with E-state index in [-0.39, 0.29) is 59.2 Å². The molecule has 2 N–H and O–H groups in total. The summed E-state index contributed by atoms with van der Waals surface area (Å²) in [6.07, 6.45) is -3.35. The Morgan fingerprint density at radius 3 is 1.19 bits per heavy atom. The van der Waals surface area contributed by atoms with Gasteiger partial charge in [-0.25, -0.2) is 17.6 Å². The Hall–Kier alpha value is -5.94. The molecule has 2 heterocycles. The lowest BCUT2D eigenvalue weighted by molar-refractivity contribution is -0.229. The minimum absolute atomic E-state index is 0.00450. The third kappa shape index (κ3) is 10.7. The van der Waals surface area contributed by atoms with E-state index in [0.717, 1.165) is 22.3 Å². The predicted octanol–water partition coefficient (Wildman–Crippen LogP) is 13.5. The van der Waals surface area contributed by atoms with E-state index in [0.29, 0.717) is 128 Å². The van der Waals surface area contributed by atoms with Crippen molar-refractivity contribution in [3.8, 4) is 0 Å². The summed E-state index contributed by atoms with van der Waals surface area (Å²) < 4.78 is 138. The molecule has 2 amide bonds. The van der Waals surface area contributed by atoms with Crippen molar-refractivity contribution in [1.29, 1.82) is 0 Å². The van der Waals surface area contributed by atoms with Crippen molar-refractivity contribution in [3.05, 3.63) is 141 Å². The van der Waals surface area contributed by atoms with Crippen molar-refractivity contribution in [1.82, 2.24) is 9.80 Å². The molecule has 0 bridgehead atoms. The number of carbonyl (C=O) groups excluding carboxylic acids is 2. The van der Waals surface area contributed by atoms with Gasteiger partial charge in [-0.05, 0) is 184 Å². The number of hydrogen-bond donors (Lipinski definition) is 2. The van der Waals surface area contributed by atoms with E-state index >= 15 is 0 Å². The van der Waals surface area contributed by atoms with Gasteiger partial charge >= 0.3 is 24.3 Å². The molecule has 2 aliphatic heterocycles. The lowest BCUT2D eigenvalue weighted by Crippen LogP contribution is -2.51. The Balaban J connectivity index is 0.000000194. The molecule has 12 atom stereocenters. The molecule has 4 fully saturated rings. The Morgan fingerprint density at radius 2 is 0.875 bits per heavy atom. The Morgan fingerprint density at radius 1 is 0.525 bits per heavy atom. The lowest BCUT2D eigenvalue weighted by atomic mass is 9.63. The number of hydrogen-bond acceptors (Lipinski definition) is 4. The van der Waals surface area contributed by atoms with Gasteiger partial charge in [-0.3, -0.25) is 19.2 Å². The molecule has 2 saturated carbocycles. The fourth-order valence-electron chi connectivity index (χ4n) is 14.9. The van der Waals surface area contributed by atoms with E-state index in [9.17, 15) is 73.3 Å². The van der Waals surface area contributed by atoms with E-state index in [2.05, 4.69) is 0 Å². The van der Waals surface area contributed by atoms with Crippen molar-refractivity contribution >= 4 is 23.8 Å². The van der Waals surface area contributed by atoms with Gasteiger partial charge in [-0.15, -0.1) is 0 Å². The van der Waals surface area contributed by atoms with Gasteiger partial charge in [0.1, 0.15) is 11.6 Å². The van der Waals surface area contributed by atoms with E-state index in [4.69, 9.17) is 0 Å². The first kappa shape index (κ1) is 58.7. The van der Waals surface area contributed by atoms with Crippen LogP contribution in [-0.2, 0) is 67.0 Å². The minimum atomic E-state index is -5.06. The van der Waals surface area contributed by atoms with Crippen LogP contribution in [0.15, 0.2) is 84.9 Å². The quantitative estimate of drug-likeness (QED) is 0.153. The first-order valence-corrected chi connectivity index (χ1v) is 27.8. The fourth-order valence-corrected chi connectivity index (χ4v) is 14.9. The molecule has 80 heavy (non-hydrogen) atoms. The summed E-state index contributed by atoms with van der Waals surface area (Å²) in [6, 6.07) is 20.0. The predicted molar refractivity (Wildman–Crippen MR) is 278 cm³/mol. The van der Waals surface area contributed by atoms with Crippen molar-refractivity contribution in [2.75, 3.05) is 13.1 Å². The number of carbonyl (C=O) groups is 4. The third-order valence-electron chi connectivity index (χ3n) is 19.5. The number of fused-ring (bicyclic) bond motifs is 6. The Kier molecular flexibility index (Phi) is 16.0. The van der Waals surface area contributed by atoms with Crippen LogP contribution >= 0.6 is 0 Å². The van der Waals surface area contributed by atoms with Gasteiger partial charge < -0.3 is 20.0 Å². The summed E-state index contributed by atoms with van der Waals surface area (Å²) in [7, 11) is 0. The maximum absolute atomic E-state index is 14.9.